The Kier molecular flexibility index (Phi) is 5.60. The van der Waals surface area contributed by atoms with E-state index in [4.69, 9.17) is 0 Å². The summed E-state index contributed by atoms with van der Waals surface area (Å²) in [4.78, 5) is 13.0. The molecule has 30 heavy (non-hydrogen) atoms. The normalized spacial score (nSPS) is 19.6. The number of carbonyl (C=O) groups is 1. The van der Waals surface area contributed by atoms with Crippen molar-refractivity contribution in [2.75, 3.05) is 5.32 Å². The van der Waals surface area contributed by atoms with E-state index in [1.54, 1.807) is 32.2 Å². The van der Waals surface area contributed by atoms with Gasteiger partial charge >= 0.3 is 0 Å². The number of sulfonamides is 1. The second-order valence-electron chi connectivity index (χ2n) is 7.67. The molecule has 0 saturated heterocycles. The average Bonchev–Trinajstić information content (AvgIpc) is 2.97. The van der Waals surface area contributed by atoms with Crippen LogP contribution in [0, 0.1) is 18.3 Å². The van der Waals surface area contributed by atoms with Gasteiger partial charge in [-0.2, -0.15) is 5.26 Å². The number of benzene rings is 1. The molecule has 0 unspecified atom stereocenters. The van der Waals surface area contributed by atoms with E-state index in [0.717, 1.165) is 5.56 Å². The Morgan fingerprint density at radius 3 is 2.83 bits per heavy atom. The van der Waals surface area contributed by atoms with Gasteiger partial charge in [-0.25, -0.2) is 13.1 Å². The van der Waals surface area contributed by atoms with Gasteiger partial charge in [-0.15, -0.1) is 6.58 Å². The minimum Gasteiger partial charge on any atom is -0.384 e. The van der Waals surface area contributed by atoms with Gasteiger partial charge in [0, 0.05) is 24.5 Å². The van der Waals surface area contributed by atoms with Gasteiger partial charge < -0.3 is 15.0 Å². The summed E-state index contributed by atoms with van der Waals surface area (Å²) in [5.41, 5.74) is 0.849. The summed E-state index contributed by atoms with van der Waals surface area (Å²) in [6.07, 6.45) is 3.26. The predicted molar refractivity (Wildman–Crippen MR) is 113 cm³/mol. The third-order valence-electron chi connectivity index (χ3n) is 5.47. The lowest BCUT2D eigenvalue weighted by Crippen LogP contribution is -2.49. The fourth-order valence-electron chi connectivity index (χ4n) is 3.58. The van der Waals surface area contributed by atoms with Gasteiger partial charge in [-0.3, -0.25) is 4.79 Å². The summed E-state index contributed by atoms with van der Waals surface area (Å²) in [6.45, 7) is 6.86. The van der Waals surface area contributed by atoms with Gasteiger partial charge in [-0.1, -0.05) is 12.1 Å². The monoisotopic (exact) mass is 428 g/mol. The summed E-state index contributed by atoms with van der Waals surface area (Å²) >= 11 is 0. The Bertz CT molecular complexity index is 1170. The molecule has 1 aromatic carbocycles. The quantitative estimate of drug-likeness (QED) is 0.643. The SMILES string of the molecule is C=C[C@](C)(O)[C@H]1CCc2c(cn(C)c2C(=O)Nc2ccc(C)c(C#N)c2)S(=O)(=O)N1. The maximum absolute atomic E-state index is 13.0. The highest BCUT2D eigenvalue weighted by Crippen LogP contribution is 2.30. The van der Waals surface area contributed by atoms with E-state index < -0.39 is 27.6 Å². The lowest BCUT2D eigenvalue weighted by atomic mass is 9.92. The van der Waals surface area contributed by atoms with Gasteiger partial charge in [0.25, 0.3) is 5.91 Å². The van der Waals surface area contributed by atoms with Crippen LogP contribution in [0.5, 0.6) is 0 Å². The molecule has 1 amide bonds. The summed E-state index contributed by atoms with van der Waals surface area (Å²) in [5, 5.41) is 22.4. The number of aryl methyl sites for hydroxylation is 2. The van der Waals surface area contributed by atoms with Crippen LogP contribution < -0.4 is 10.0 Å². The Morgan fingerprint density at radius 2 is 2.20 bits per heavy atom. The summed E-state index contributed by atoms with van der Waals surface area (Å²) in [5.74, 6) is -0.476. The van der Waals surface area contributed by atoms with Crippen molar-refractivity contribution < 1.29 is 18.3 Å². The van der Waals surface area contributed by atoms with Crippen molar-refractivity contribution in [3.05, 3.63) is 59.4 Å². The molecule has 1 aromatic heterocycles. The molecule has 9 heteroatoms. The molecule has 0 aliphatic carbocycles. The van der Waals surface area contributed by atoms with Crippen molar-refractivity contribution in [1.82, 2.24) is 9.29 Å². The van der Waals surface area contributed by atoms with Gasteiger partial charge in [0.15, 0.2) is 0 Å². The molecule has 0 spiro atoms. The van der Waals surface area contributed by atoms with E-state index in [0.29, 0.717) is 23.2 Å². The largest absolute Gasteiger partial charge is 0.384 e. The van der Waals surface area contributed by atoms with Gasteiger partial charge in [0.05, 0.1) is 23.3 Å². The van der Waals surface area contributed by atoms with Crippen LogP contribution in [0.2, 0.25) is 0 Å². The number of aromatic nitrogens is 1. The molecule has 158 valence electrons. The molecule has 2 atom stereocenters. The topological polar surface area (TPSA) is 124 Å². The average molecular weight is 429 g/mol. The van der Waals surface area contributed by atoms with Crippen molar-refractivity contribution in [2.45, 2.75) is 43.2 Å². The minimum absolute atomic E-state index is 0.0131. The van der Waals surface area contributed by atoms with Gasteiger partial charge in [0.1, 0.15) is 10.6 Å². The molecule has 0 bridgehead atoms. The number of carbonyl (C=O) groups excluding carboxylic acids is 1. The number of fused-ring (bicyclic) bond motifs is 1. The van der Waals surface area contributed by atoms with Crippen molar-refractivity contribution in [2.24, 2.45) is 7.05 Å². The summed E-state index contributed by atoms with van der Waals surface area (Å²) < 4.78 is 29.8. The van der Waals surface area contributed by atoms with Crippen molar-refractivity contribution in [3.8, 4) is 6.07 Å². The highest BCUT2D eigenvalue weighted by molar-refractivity contribution is 7.89. The first-order chi connectivity index (χ1) is 14.0. The summed E-state index contributed by atoms with van der Waals surface area (Å²) in [6, 6.07) is 6.29. The van der Waals surface area contributed by atoms with E-state index in [1.807, 2.05) is 0 Å². The maximum atomic E-state index is 13.0. The predicted octanol–water partition coefficient (Wildman–Crippen LogP) is 1.99. The van der Waals surface area contributed by atoms with Crippen LogP contribution in [-0.4, -0.2) is 35.6 Å². The van der Waals surface area contributed by atoms with Crippen LogP contribution in [0.4, 0.5) is 5.69 Å². The fraction of sp³-hybridized carbons (Fsp3) is 0.333. The molecule has 2 aromatic rings. The fourth-order valence-corrected chi connectivity index (χ4v) is 5.26. The van der Waals surface area contributed by atoms with Crippen molar-refractivity contribution in [1.29, 1.82) is 5.26 Å². The molecular formula is C21H24N4O4S. The zero-order valence-electron chi connectivity index (χ0n) is 17.1. The molecule has 8 nitrogen and oxygen atoms in total. The molecule has 2 heterocycles. The number of nitrogens with zero attached hydrogens (tertiary/aromatic N) is 2. The molecule has 1 aliphatic heterocycles. The number of aliphatic hydroxyl groups is 1. The molecule has 3 N–H and O–H groups in total. The molecular weight excluding hydrogens is 404 g/mol. The van der Waals surface area contributed by atoms with Crippen LogP contribution >= 0.6 is 0 Å². The van der Waals surface area contributed by atoms with Crippen LogP contribution in [-0.2, 0) is 23.5 Å². The maximum Gasteiger partial charge on any atom is 0.272 e. The molecule has 0 radical (unpaired) electrons. The second-order valence-corrected chi connectivity index (χ2v) is 9.35. The Labute approximate surface area is 175 Å². The molecule has 1 aliphatic rings. The van der Waals surface area contributed by atoms with Crippen LogP contribution in [0.25, 0.3) is 0 Å². The number of rotatable bonds is 4. The number of hydrogen-bond acceptors (Lipinski definition) is 5. The van der Waals surface area contributed by atoms with E-state index in [9.17, 15) is 23.6 Å². The second kappa shape index (κ2) is 7.72. The first kappa shape index (κ1) is 21.8. The van der Waals surface area contributed by atoms with Gasteiger partial charge in [0.2, 0.25) is 10.0 Å². The smallest absolute Gasteiger partial charge is 0.272 e. The van der Waals surface area contributed by atoms with Crippen LogP contribution in [0.1, 0.15) is 40.5 Å². The molecule has 0 saturated carbocycles. The number of nitriles is 1. The van der Waals surface area contributed by atoms with Crippen LogP contribution in [0.15, 0.2) is 41.9 Å². The highest BCUT2D eigenvalue weighted by atomic mass is 32.2. The first-order valence-corrected chi connectivity index (χ1v) is 10.9. The Hall–Kier alpha value is -2.93. The first-order valence-electron chi connectivity index (χ1n) is 9.38. The lowest BCUT2D eigenvalue weighted by molar-refractivity contribution is 0.0731. The highest BCUT2D eigenvalue weighted by Gasteiger charge is 2.38. The lowest BCUT2D eigenvalue weighted by Gasteiger charge is -2.29. The van der Waals surface area contributed by atoms with Crippen LogP contribution in [0.3, 0.4) is 0 Å². The number of anilines is 1. The van der Waals surface area contributed by atoms with E-state index in [1.165, 1.54) is 23.8 Å². The third-order valence-corrected chi connectivity index (χ3v) is 6.99. The van der Waals surface area contributed by atoms with E-state index in [-0.39, 0.29) is 17.0 Å². The van der Waals surface area contributed by atoms with E-state index in [2.05, 4.69) is 22.7 Å². The van der Waals surface area contributed by atoms with Crippen molar-refractivity contribution >= 4 is 21.6 Å². The number of hydrogen-bond donors (Lipinski definition) is 3. The Morgan fingerprint density at radius 1 is 1.50 bits per heavy atom. The molecule has 0 fully saturated rings. The zero-order valence-corrected chi connectivity index (χ0v) is 17.9. The zero-order chi connectivity index (χ0) is 22.3. The number of nitrogens with one attached hydrogen (secondary N) is 2. The Balaban J connectivity index is 1.99. The van der Waals surface area contributed by atoms with Crippen molar-refractivity contribution in [3.63, 3.8) is 0 Å². The van der Waals surface area contributed by atoms with Gasteiger partial charge in [-0.05, 0) is 44.4 Å². The van der Waals surface area contributed by atoms with E-state index >= 15 is 0 Å². The third kappa shape index (κ3) is 3.89. The molecule has 3 rings (SSSR count). The number of amides is 1. The minimum atomic E-state index is -3.95. The summed E-state index contributed by atoms with van der Waals surface area (Å²) in [7, 11) is -2.34. The standard InChI is InChI=1S/C21H24N4O4S/c1-5-21(3,27)18-9-8-16-17(30(28,29)24-18)12-25(4)19(16)20(26)23-15-7-6-13(2)14(10-15)11-22/h5-7,10,12,18,24,27H,1,8-9H2,2-4H3,(H,23,26)/t18-,21+/m1/s1.